The maximum atomic E-state index is 9.21. The third kappa shape index (κ3) is 3.53. The van der Waals surface area contributed by atoms with E-state index >= 15 is 0 Å². The molecule has 19 heavy (non-hydrogen) atoms. The van der Waals surface area contributed by atoms with Crippen molar-refractivity contribution in [3.63, 3.8) is 0 Å². The summed E-state index contributed by atoms with van der Waals surface area (Å²) >= 11 is 0. The predicted octanol–water partition coefficient (Wildman–Crippen LogP) is 2.42. The Morgan fingerprint density at radius 1 is 1.00 bits per heavy atom. The zero-order valence-corrected chi connectivity index (χ0v) is 10.8. The van der Waals surface area contributed by atoms with Crippen molar-refractivity contribution >= 4 is 0 Å². The number of aliphatic hydroxyl groups is 2. The lowest BCUT2D eigenvalue weighted by Crippen LogP contribution is -1.96. The van der Waals surface area contributed by atoms with Crippen molar-refractivity contribution in [2.24, 2.45) is 0 Å². The summed E-state index contributed by atoms with van der Waals surface area (Å²) in [5.41, 5.74) is 2.50. The first-order valence-corrected chi connectivity index (χ1v) is 6.23. The summed E-state index contributed by atoms with van der Waals surface area (Å²) in [4.78, 5) is 4.36. The summed E-state index contributed by atoms with van der Waals surface area (Å²) in [6, 6.07) is 10.7. The van der Waals surface area contributed by atoms with Crippen molar-refractivity contribution in [2.45, 2.75) is 26.6 Å². The molecule has 0 spiro atoms. The van der Waals surface area contributed by atoms with Gasteiger partial charge in [0.2, 0.25) is 5.88 Å². The standard InChI is InChI=1S/C15H17NO3/c1-2-13-7-12(10-18)8-15(16-13)19-14-5-3-11(9-17)4-6-14/h3-8,17-18H,2,9-10H2,1H3. The van der Waals surface area contributed by atoms with E-state index < -0.39 is 0 Å². The Bertz CT molecular complexity index is 515. The summed E-state index contributed by atoms with van der Waals surface area (Å²) in [6.45, 7) is 1.98. The molecule has 1 aromatic heterocycles. The first-order chi connectivity index (χ1) is 9.25. The quantitative estimate of drug-likeness (QED) is 0.865. The molecular formula is C15H17NO3. The van der Waals surface area contributed by atoms with E-state index in [1.54, 1.807) is 30.3 Å². The average molecular weight is 259 g/mol. The summed E-state index contributed by atoms with van der Waals surface area (Å²) in [5.74, 6) is 1.13. The molecular weight excluding hydrogens is 242 g/mol. The highest BCUT2D eigenvalue weighted by molar-refractivity contribution is 5.32. The number of nitrogens with zero attached hydrogens (tertiary/aromatic N) is 1. The minimum atomic E-state index is -0.0324. The molecule has 0 saturated carbocycles. The molecule has 4 heteroatoms. The molecule has 0 aliphatic carbocycles. The molecule has 0 atom stereocenters. The molecule has 1 heterocycles. The van der Waals surface area contributed by atoms with E-state index in [1.807, 2.05) is 13.0 Å². The minimum absolute atomic E-state index is 0.0124. The van der Waals surface area contributed by atoms with Gasteiger partial charge in [0.05, 0.1) is 13.2 Å². The summed E-state index contributed by atoms with van der Waals surface area (Å²) in [7, 11) is 0. The van der Waals surface area contributed by atoms with Gasteiger partial charge in [-0.2, -0.15) is 0 Å². The topological polar surface area (TPSA) is 62.6 Å². The van der Waals surface area contributed by atoms with E-state index in [9.17, 15) is 5.11 Å². The number of hydrogen-bond donors (Lipinski definition) is 2. The second kappa shape index (κ2) is 6.31. The highest BCUT2D eigenvalue weighted by atomic mass is 16.5. The van der Waals surface area contributed by atoms with Gasteiger partial charge < -0.3 is 14.9 Å². The Morgan fingerprint density at radius 2 is 1.68 bits per heavy atom. The van der Waals surface area contributed by atoms with Crippen LogP contribution in [-0.2, 0) is 19.6 Å². The van der Waals surface area contributed by atoms with Crippen LogP contribution in [0.4, 0.5) is 0 Å². The van der Waals surface area contributed by atoms with Crippen LogP contribution in [0.2, 0.25) is 0 Å². The van der Waals surface area contributed by atoms with Crippen LogP contribution in [-0.4, -0.2) is 15.2 Å². The van der Waals surface area contributed by atoms with Crippen LogP contribution in [0.5, 0.6) is 11.6 Å². The zero-order chi connectivity index (χ0) is 13.7. The first-order valence-electron chi connectivity index (χ1n) is 6.23. The molecule has 0 radical (unpaired) electrons. The van der Waals surface area contributed by atoms with Gasteiger partial charge in [-0.25, -0.2) is 4.98 Å². The maximum absolute atomic E-state index is 9.21. The van der Waals surface area contributed by atoms with E-state index in [0.29, 0.717) is 11.6 Å². The maximum Gasteiger partial charge on any atom is 0.219 e. The van der Waals surface area contributed by atoms with Crippen LogP contribution in [0, 0.1) is 0 Å². The molecule has 0 aliphatic heterocycles. The Labute approximate surface area is 112 Å². The van der Waals surface area contributed by atoms with Crippen LogP contribution < -0.4 is 4.74 Å². The smallest absolute Gasteiger partial charge is 0.219 e. The van der Waals surface area contributed by atoms with Crippen molar-refractivity contribution in [1.82, 2.24) is 4.98 Å². The lowest BCUT2D eigenvalue weighted by atomic mass is 10.2. The molecule has 2 rings (SSSR count). The largest absolute Gasteiger partial charge is 0.439 e. The monoisotopic (exact) mass is 259 g/mol. The highest BCUT2D eigenvalue weighted by Gasteiger charge is 2.04. The lowest BCUT2D eigenvalue weighted by molar-refractivity contribution is 0.280. The molecule has 0 fully saturated rings. The molecule has 0 saturated heterocycles. The predicted molar refractivity (Wildman–Crippen MR) is 72.0 cm³/mol. The zero-order valence-electron chi connectivity index (χ0n) is 10.8. The number of benzene rings is 1. The van der Waals surface area contributed by atoms with Gasteiger partial charge >= 0.3 is 0 Å². The lowest BCUT2D eigenvalue weighted by Gasteiger charge is -2.08. The number of ether oxygens (including phenoxy) is 1. The van der Waals surface area contributed by atoms with Crippen LogP contribution in [0.1, 0.15) is 23.7 Å². The van der Waals surface area contributed by atoms with E-state index in [1.165, 1.54) is 0 Å². The first kappa shape index (κ1) is 13.5. The highest BCUT2D eigenvalue weighted by Crippen LogP contribution is 2.22. The Kier molecular flexibility index (Phi) is 4.49. The fourth-order valence-corrected chi connectivity index (χ4v) is 1.73. The normalized spacial score (nSPS) is 10.5. The van der Waals surface area contributed by atoms with Crippen LogP contribution in [0.15, 0.2) is 36.4 Å². The van der Waals surface area contributed by atoms with Gasteiger partial charge in [-0.05, 0) is 35.7 Å². The van der Waals surface area contributed by atoms with Crippen molar-refractivity contribution in [1.29, 1.82) is 0 Å². The van der Waals surface area contributed by atoms with Gasteiger partial charge in [0.25, 0.3) is 0 Å². The van der Waals surface area contributed by atoms with E-state index in [4.69, 9.17) is 9.84 Å². The number of aliphatic hydroxyl groups excluding tert-OH is 2. The van der Waals surface area contributed by atoms with Gasteiger partial charge in [-0.3, -0.25) is 0 Å². The van der Waals surface area contributed by atoms with Crippen molar-refractivity contribution in [3.8, 4) is 11.6 Å². The van der Waals surface area contributed by atoms with Gasteiger partial charge in [-0.1, -0.05) is 19.1 Å². The molecule has 4 nitrogen and oxygen atoms in total. The van der Waals surface area contributed by atoms with E-state index in [0.717, 1.165) is 23.2 Å². The van der Waals surface area contributed by atoms with Crippen LogP contribution >= 0.6 is 0 Å². The second-order valence-corrected chi connectivity index (χ2v) is 4.22. The number of aromatic nitrogens is 1. The minimum Gasteiger partial charge on any atom is -0.439 e. The van der Waals surface area contributed by atoms with E-state index in [2.05, 4.69) is 4.98 Å². The fourth-order valence-electron chi connectivity index (χ4n) is 1.73. The Hall–Kier alpha value is -1.91. The molecule has 0 aliphatic rings. The molecule has 0 unspecified atom stereocenters. The van der Waals surface area contributed by atoms with Crippen molar-refractivity contribution in [3.05, 3.63) is 53.2 Å². The summed E-state index contributed by atoms with van der Waals surface area (Å²) in [6.07, 6.45) is 0.785. The molecule has 0 bridgehead atoms. The number of hydrogen-bond acceptors (Lipinski definition) is 4. The molecule has 100 valence electrons. The summed E-state index contributed by atoms with van der Waals surface area (Å²) in [5, 5.41) is 18.2. The molecule has 2 aromatic rings. The summed E-state index contributed by atoms with van der Waals surface area (Å²) < 4.78 is 5.66. The number of pyridine rings is 1. The SMILES string of the molecule is CCc1cc(CO)cc(Oc2ccc(CO)cc2)n1. The molecule has 0 amide bonds. The van der Waals surface area contributed by atoms with Crippen molar-refractivity contribution in [2.75, 3.05) is 0 Å². The molecule has 2 N–H and O–H groups in total. The van der Waals surface area contributed by atoms with Gasteiger partial charge in [0, 0.05) is 11.8 Å². The number of aryl methyl sites for hydroxylation is 1. The molecule has 1 aromatic carbocycles. The second-order valence-electron chi connectivity index (χ2n) is 4.22. The van der Waals surface area contributed by atoms with Crippen molar-refractivity contribution < 1.29 is 14.9 Å². The van der Waals surface area contributed by atoms with Crippen LogP contribution in [0.3, 0.4) is 0 Å². The van der Waals surface area contributed by atoms with Crippen LogP contribution in [0.25, 0.3) is 0 Å². The van der Waals surface area contributed by atoms with Gasteiger partial charge in [-0.15, -0.1) is 0 Å². The fraction of sp³-hybridized carbons (Fsp3) is 0.267. The average Bonchev–Trinajstić information content (AvgIpc) is 2.47. The van der Waals surface area contributed by atoms with Gasteiger partial charge in [0.15, 0.2) is 0 Å². The van der Waals surface area contributed by atoms with Gasteiger partial charge in [0.1, 0.15) is 5.75 Å². The number of rotatable bonds is 5. The Balaban J connectivity index is 2.21. The van der Waals surface area contributed by atoms with E-state index in [-0.39, 0.29) is 13.2 Å². The Morgan fingerprint density at radius 3 is 2.26 bits per heavy atom. The third-order valence-electron chi connectivity index (χ3n) is 2.79. The third-order valence-corrected chi connectivity index (χ3v) is 2.79.